The molecular formula is C19H14Zr+2. The summed E-state index contributed by atoms with van der Waals surface area (Å²) in [5.74, 6) is 0. The molecule has 2 aromatic rings. The molecule has 0 heterocycles. The van der Waals surface area contributed by atoms with Gasteiger partial charge in [0.05, 0.1) is 0 Å². The number of hydrogen-bond acceptors (Lipinski definition) is 0. The topological polar surface area (TPSA) is 0 Å². The molecule has 0 saturated carbocycles. The molecule has 0 aliphatic heterocycles. The summed E-state index contributed by atoms with van der Waals surface area (Å²) in [5, 5.41) is 0. The Kier molecular flexibility index (Phi) is 3.04. The zero-order chi connectivity index (χ0) is 13.5. The van der Waals surface area contributed by atoms with Crippen molar-refractivity contribution in [3.05, 3.63) is 83.0 Å². The Bertz CT molecular complexity index is 778. The van der Waals surface area contributed by atoms with Gasteiger partial charge in [0.15, 0.2) is 0 Å². The molecule has 0 nitrogen and oxygen atoms in total. The third kappa shape index (κ3) is 1.88. The van der Waals surface area contributed by atoms with Crippen molar-refractivity contribution < 1.29 is 24.2 Å². The molecule has 0 fully saturated rings. The minimum atomic E-state index is 1.08. The summed E-state index contributed by atoms with van der Waals surface area (Å²) in [6.45, 7) is 0. The van der Waals surface area contributed by atoms with Crippen LogP contribution >= 0.6 is 0 Å². The second-order valence-electron chi connectivity index (χ2n) is 5.36. The number of fused-ring (bicyclic) bond motifs is 3. The minimum absolute atomic E-state index is 1.08. The predicted octanol–water partition coefficient (Wildman–Crippen LogP) is 4.21. The molecule has 1 heteroatoms. The van der Waals surface area contributed by atoms with Crippen LogP contribution in [-0.4, -0.2) is 3.21 Å². The van der Waals surface area contributed by atoms with Gasteiger partial charge in [-0.25, -0.2) is 0 Å². The summed E-state index contributed by atoms with van der Waals surface area (Å²) < 4.78 is 1.52. The van der Waals surface area contributed by atoms with Gasteiger partial charge >= 0.3 is 134 Å². The van der Waals surface area contributed by atoms with Gasteiger partial charge in [-0.15, -0.1) is 0 Å². The average Bonchev–Trinajstić information content (AvgIpc) is 3.13. The first-order valence-corrected chi connectivity index (χ1v) is 8.22. The third-order valence-electron chi connectivity index (χ3n) is 4.21. The molecule has 0 atom stereocenters. The van der Waals surface area contributed by atoms with E-state index in [4.69, 9.17) is 0 Å². The van der Waals surface area contributed by atoms with E-state index in [1.54, 1.807) is 0 Å². The van der Waals surface area contributed by atoms with Crippen molar-refractivity contribution in [3.63, 3.8) is 0 Å². The second-order valence-corrected chi connectivity index (χ2v) is 6.59. The molecule has 0 unspecified atom stereocenters. The van der Waals surface area contributed by atoms with Crippen molar-refractivity contribution in [1.82, 2.24) is 0 Å². The van der Waals surface area contributed by atoms with Crippen molar-refractivity contribution in [2.45, 2.75) is 12.8 Å². The summed E-state index contributed by atoms with van der Waals surface area (Å²) >= 11 is 1.51. The standard InChI is InChI=1S/C19H14.Zr/c1-2-7-14(6-1)12-15-9-5-11-18-17-10-4-3-8-16(17)13-19(15)18;/h1-6,8-11H,7,13H2;/q;+2. The maximum absolute atomic E-state index is 2.30. The summed E-state index contributed by atoms with van der Waals surface area (Å²) in [6, 6.07) is 15.6. The van der Waals surface area contributed by atoms with Gasteiger partial charge in [-0.3, -0.25) is 0 Å². The Labute approximate surface area is 134 Å². The van der Waals surface area contributed by atoms with E-state index in [9.17, 15) is 0 Å². The van der Waals surface area contributed by atoms with Crippen LogP contribution in [0.1, 0.15) is 23.1 Å². The van der Waals surface area contributed by atoms with E-state index in [2.05, 4.69) is 60.7 Å². The van der Waals surface area contributed by atoms with Crippen LogP contribution in [0.3, 0.4) is 0 Å². The summed E-state index contributed by atoms with van der Waals surface area (Å²) in [5.41, 5.74) is 8.81. The number of hydrogen-bond donors (Lipinski definition) is 0. The molecule has 0 aromatic heterocycles. The van der Waals surface area contributed by atoms with Gasteiger partial charge < -0.3 is 0 Å². The molecule has 0 bridgehead atoms. The SMILES string of the molecule is [Zr+2]=[C](C1=CC=CC1)c1cccc2c1Cc1ccccc1-2. The molecule has 20 heavy (non-hydrogen) atoms. The van der Waals surface area contributed by atoms with Crippen LogP contribution in [0.15, 0.2) is 66.3 Å². The fraction of sp³-hybridized carbons (Fsp3) is 0.105. The molecule has 2 aliphatic carbocycles. The molecule has 0 spiro atoms. The molecule has 0 saturated heterocycles. The van der Waals surface area contributed by atoms with Crippen LogP contribution in [0.5, 0.6) is 0 Å². The van der Waals surface area contributed by atoms with Crippen LogP contribution in [0.4, 0.5) is 0 Å². The zero-order valence-corrected chi connectivity index (χ0v) is 13.6. The van der Waals surface area contributed by atoms with E-state index in [-0.39, 0.29) is 0 Å². The quantitative estimate of drug-likeness (QED) is 0.659. The second kappa shape index (κ2) is 4.90. The Morgan fingerprint density at radius 3 is 2.65 bits per heavy atom. The van der Waals surface area contributed by atoms with E-state index in [0.29, 0.717) is 0 Å². The fourth-order valence-corrected chi connectivity index (χ4v) is 4.23. The summed E-state index contributed by atoms with van der Waals surface area (Å²) in [7, 11) is 0. The van der Waals surface area contributed by atoms with Crippen molar-refractivity contribution in [2.75, 3.05) is 0 Å². The fourth-order valence-electron chi connectivity index (χ4n) is 3.20. The molecular weight excluding hydrogens is 319 g/mol. The normalized spacial score (nSPS) is 15.0. The molecule has 4 rings (SSSR count). The summed E-state index contributed by atoms with van der Waals surface area (Å²) in [6.07, 6.45) is 8.87. The summed E-state index contributed by atoms with van der Waals surface area (Å²) in [4.78, 5) is 0. The number of rotatable bonds is 2. The Morgan fingerprint density at radius 1 is 0.950 bits per heavy atom. The van der Waals surface area contributed by atoms with Crippen molar-refractivity contribution in [2.24, 2.45) is 0 Å². The molecule has 0 N–H and O–H groups in total. The van der Waals surface area contributed by atoms with E-state index < -0.39 is 0 Å². The number of allylic oxidation sites excluding steroid dienone is 4. The van der Waals surface area contributed by atoms with Gasteiger partial charge in [0.1, 0.15) is 0 Å². The number of benzene rings is 2. The molecule has 2 aliphatic rings. The molecule has 2 aromatic carbocycles. The average molecular weight is 334 g/mol. The van der Waals surface area contributed by atoms with Crippen LogP contribution in [0, 0.1) is 0 Å². The van der Waals surface area contributed by atoms with Crippen molar-refractivity contribution in [3.8, 4) is 11.1 Å². The molecule has 0 radical (unpaired) electrons. The molecule has 0 amide bonds. The first kappa shape index (κ1) is 12.4. The first-order valence-electron chi connectivity index (χ1n) is 7.00. The van der Waals surface area contributed by atoms with Gasteiger partial charge in [0.25, 0.3) is 0 Å². The zero-order valence-electron chi connectivity index (χ0n) is 11.2. The van der Waals surface area contributed by atoms with Crippen molar-refractivity contribution >= 4 is 3.21 Å². The van der Waals surface area contributed by atoms with E-state index >= 15 is 0 Å². The van der Waals surface area contributed by atoms with Crippen LogP contribution in [0.2, 0.25) is 0 Å². The van der Waals surface area contributed by atoms with Gasteiger partial charge in [-0.2, -0.15) is 0 Å². The Balaban J connectivity index is 1.83. The van der Waals surface area contributed by atoms with Crippen LogP contribution < -0.4 is 0 Å². The Hall–Kier alpha value is -1.33. The van der Waals surface area contributed by atoms with E-state index in [1.807, 2.05) is 0 Å². The first-order chi connectivity index (χ1) is 9.84. The van der Waals surface area contributed by atoms with E-state index in [1.165, 1.54) is 60.8 Å². The van der Waals surface area contributed by atoms with Crippen molar-refractivity contribution in [1.29, 1.82) is 0 Å². The molecule has 92 valence electrons. The monoisotopic (exact) mass is 332 g/mol. The van der Waals surface area contributed by atoms with Crippen LogP contribution in [0.25, 0.3) is 11.1 Å². The third-order valence-corrected chi connectivity index (χ3v) is 5.66. The predicted molar refractivity (Wildman–Crippen MR) is 80.6 cm³/mol. The van der Waals surface area contributed by atoms with Gasteiger partial charge in [0, 0.05) is 0 Å². The maximum atomic E-state index is 2.30. The van der Waals surface area contributed by atoms with Gasteiger partial charge in [-0.05, 0) is 0 Å². The van der Waals surface area contributed by atoms with Gasteiger partial charge in [0.2, 0.25) is 0 Å². The van der Waals surface area contributed by atoms with Gasteiger partial charge in [-0.1, -0.05) is 0 Å². The Morgan fingerprint density at radius 2 is 1.80 bits per heavy atom. The van der Waals surface area contributed by atoms with E-state index in [0.717, 1.165) is 12.8 Å². The van der Waals surface area contributed by atoms with Crippen LogP contribution in [-0.2, 0) is 30.7 Å².